The number of nitrogens with one attached hydrogen (secondary N) is 1. The normalized spacial score (nSPS) is 20.5. The molecule has 0 bridgehead atoms. The smallest absolute Gasteiger partial charge is 0.261 e. The first-order valence-corrected chi connectivity index (χ1v) is 11.1. The van der Waals surface area contributed by atoms with Gasteiger partial charge in [-0.3, -0.25) is 4.55 Å². The first-order chi connectivity index (χ1) is 13.8. The van der Waals surface area contributed by atoms with E-state index < -0.39 is 10.1 Å². The summed E-state index contributed by atoms with van der Waals surface area (Å²) in [6, 6.07) is 12.5. The molecule has 0 spiro atoms. The first kappa shape index (κ1) is 21.4. The van der Waals surface area contributed by atoms with Gasteiger partial charge in [0.1, 0.15) is 11.6 Å². The van der Waals surface area contributed by atoms with Crippen molar-refractivity contribution in [1.82, 2.24) is 5.32 Å². The minimum absolute atomic E-state index is 0.194. The molecular weight excluding hydrogens is 401 g/mol. The van der Waals surface area contributed by atoms with Gasteiger partial charge in [0.25, 0.3) is 10.1 Å². The van der Waals surface area contributed by atoms with E-state index in [-0.39, 0.29) is 12.6 Å². The Bertz CT molecular complexity index is 911. The van der Waals surface area contributed by atoms with Gasteiger partial charge in [-0.2, -0.15) is 8.42 Å². The number of fused-ring (bicyclic) bond motifs is 1. The summed E-state index contributed by atoms with van der Waals surface area (Å²) < 4.78 is 55.7. The number of halogens is 1. The molecule has 7 nitrogen and oxygen atoms in total. The maximum absolute atomic E-state index is 13.2. The van der Waals surface area contributed by atoms with Gasteiger partial charge >= 0.3 is 0 Å². The van der Waals surface area contributed by atoms with Crippen molar-refractivity contribution in [1.29, 1.82) is 0 Å². The van der Waals surface area contributed by atoms with E-state index in [1.54, 1.807) is 0 Å². The molecule has 0 aromatic heterocycles. The Kier molecular flexibility index (Phi) is 6.94. The average Bonchev–Trinajstić information content (AvgIpc) is 3.14. The highest BCUT2D eigenvalue weighted by Gasteiger charge is 2.27. The molecule has 0 saturated carbocycles. The number of ether oxygens (including phenoxy) is 3. The van der Waals surface area contributed by atoms with Gasteiger partial charge in [0.2, 0.25) is 6.79 Å². The van der Waals surface area contributed by atoms with Crippen LogP contribution in [0.3, 0.4) is 0 Å². The summed E-state index contributed by atoms with van der Waals surface area (Å²) in [4.78, 5) is 0. The molecule has 2 aromatic rings. The molecule has 2 unspecified atom stereocenters. The molecule has 2 aliphatic heterocycles. The second kappa shape index (κ2) is 9.43. The van der Waals surface area contributed by atoms with Crippen molar-refractivity contribution in [2.45, 2.75) is 12.3 Å². The first-order valence-electron chi connectivity index (χ1n) is 9.20. The van der Waals surface area contributed by atoms with E-state index in [2.05, 4.69) is 5.32 Å². The lowest BCUT2D eigenvalue weighted by atomic mass is 9.81. The molecule has 2 N–H and O–H groups in total. The highest BCUT2D eigenvalue weighted by atomic mass is 32.2. The summed E-state index contributed by atoms with van der Waals surface area (Å²) in [7, 11) is -3.67. The van der Waals surface area contributed by atoms with Crippen molar-refractivity contribution in [3.8, 4) is 17.2 Å². The van der Waals surface area contributed by atoms with E-state index in [9.17, 15) is 12.8 Å². The summed E-state index contributed by atoms with van der Waals surface area (Å²) in [5.74, 6) is 2.79. The van der Waals surface area contributed by atoms with Crippen LogP contribution in [-0.2, 0) is 10.1 Å². The third-order valence-electron chi connectivity index (χ3n) is 4.71. The van der Waals surface area contributed by atoms with Crippen molar-refractivity contribution in [2.75, 3.05) is 32.7 Å². The maximum atomic E-state index is 13.2. The quantitative estimate of drug-likeness (QED) is 0.728. The van der Waals surface area contributed by atoms with Crippen molar-refractivity contribution in [3.05, 3.63) is 53.8 Å². The lowest BCUT2D eigenvalue weighted by Crippen LogP contribution is -2.38. The zero-order valence-corrected chi connectivity index (χ0v) is 16.8. The van der Waals surface area contributed by atoms with Crippen LogP contribution < -0.4 is 19.5 Å². The van der Waals surface area contributed by atoms with Gasteiger partial charge in [0.15, 0.2) is 11.5 Å². The van der Waals surface area contributed by atoms with Gasteiger partial charge < -0.3 is 19.5 Å². The fourth-order valence-corrected chi connectivity index (χ4v) is 3.42. The molecule has 9 heteroatoms. The minimum Gasteiger partial charge on any atom is -0.493 e. The van der Waals surface area contributed by atoms with Gasteiger partial charge in [-0.1, -0.05) is 12.1 Å². The van der Waals surface area contributed by atoms with Crippen LogP contribution in [0.5, 0.6) is 17.2 Å². The van der Waals surface area contributed by atoms with Crippen molar-refractivity contribution in [2.24, 2.45) is 5.92 Å². The zero-order valence-electron chi connectivity index (χ0n) is 16.0. The molecule has 158 valence electrons. The number of benzene rings is 2. The van der Waals surface area contributed by atoms with Gasteiger partial charge in [-0.05, 0) is 48.7 Å². The monoisotopic (exact) mass is 425 g/mol. The standard InChI is InChI=1S/C19H20FNO3.CH4O3S/c20-15-3-1-13(2-4-15)17-7-8-21-10-14(17)11-22-16-5-6-18-19(9-16)24-12-23-18;1-5(2,3)4/h1-6,9,14,17,21H,7-8,10-12H2;1H3,(H,2,3,4). The van der Waals surface area contributed by atoms with Crippen molar-refractivity contribution >= 4 is 10.1 Å². The van der Waals surface area contributed by atoms with Gasteiger partial charge in [0, 0.05) is 18.5 Å². The minimum atomic E-state index is -3.67. The second-order valence-electron chi connectivity index (χ2n) is 6.97. The van der Waals surface area contributed by atoms with Crippen LogP contribution in [0.4, 0.5) is 4.39 Å². The number of hydrogen-bond donors (Lipinski definition) is 2. The molecular formula is C20H24FNO6S. The molecule has 0 radical (unpaired) electrons. The molecule has 0 amide bonds. The average molecular weight is 425 g/mol. The Hall–Kier alpha value is -2.36. The molecule has 1 saturated heterocycles. The Labute approximate surface area is 169 Å². The number of hydrogen-bond acceptors (Lipinski definition) is 6. The molecule has 0 aliphatic carbocycles. The fraction of sp³-hybridized carbons (Fsp3) is 0.400. The fourth-order valence-electron chi connectivity index (χ4n) is 3.42. The predicted octanol–water partition coefficient (Wildman–Crippen LogP) is 2.83. The van der Waals surface area contributed by atoms with Crippen LogP contribution in [0.2, 0.25) is 0 Å². The lowest BCUT2D eigenvalue weighted by molar-refractivity contribution is 0.173. The number of rotatable bonds is 4. The van der Waals surface area contributed by atoms with Gasteiger partial charge in [-0.15, -0.1) is 0 Å². The van der Waals surface area contributed by atoms with Crippen LogP contribution >= 0.6 is 0 Å². The van der Waals surface area contributed by atoms with Crippen LogP contribution in [0.25, 0.3) is 0 Å². The van der Waals surface area contributed by atoms with Crippen molar-refractivity contribution < 1.29 is 31.6 Å². The van der Waals surface area contributed by atoms with E-state index in [1.807, 2.05) is 30.3 Å². The molecule has 2 atom stereocenters. The van der Waals surface area contributed by atoms with Crippen LogP contribution in [0, 0.1) is 11.7 Å². The number of piperidine rings is 1. The largest absolute Gasteiger partial charge is 0.493 e. The zero-order chi connectivity index (χ0) is 20.9. The van der Waals surface area contributed by atoms with Gasteiger partial charge in [0.05, 0.1) is 12.9 Å². The highest BCUT2D eigenvalue weighted by molar-refractivity contribution is 7.85. The SMILES string of the molecule is CS(=O)(=O)O.Fc1ccc(C2CCNCC2COc2ccc3c(c2)OCO3)cc1. The molecule has 2 aliphatic rings. The van der Waals surface area contributed by atoms with E-state index in [0.29, 0.717) is 24.7 Å². The predicted molar refractivity (Wildman–Crippen MR) is 106 cm³/mol. The van der Waals surface area contributed by atoms with Crippen LogP contribution in [-0.4, -0.2) is 45.7 Å². The molecule has 1 fully saturated rings. The lowest BCUT2D eigenvalue weighted by Gasteiger charge is -2.32. The molecule has 4 rings (SSSR count). The summed E-state index contributed by atoms with van der Waals surface area (Å²) in [6.45, 7) is 2.74. The van der Waals surface area contributed by atoms with E-state index in [4.69, 9.17) is 18.8 Å². The van der Waals surface area contributed by atoms with Crippen LogP contribution in [0.15, 0.2) is 42.5 Å². The van der Waals surface area contributed by atoms with E-state index in [0.717, 1.165) is 36.8 Å². The Morgan fingerprint density at radius 3 is 2.59 bits per heavy atom. The second-order valence-corrected chi connectivity index (χ2v) is 8.44. The topological polar surface area (TPSA) is 94.1 Å². The summed E-state index contributed by atoms with van der Waals surface area (Å²) >= 11 is 0. The molecule has 2 heterocycles. The van der Waals surface area contributed by atoms with Gasteiger partial charge in [-0.25, -0.2) is 4.39 Å². The van der Waals surface area contributed by atoms with E-state index >= 15 is 0 Å². The van der Waals surface area contributed by atoms with Crippen LogP contribution in [0.1, 0.15) is 17.9 Å². The highest BCUT2D eigenvalue weighted by Crippen LogP contribution is 2.36. The summed E-state index contributed by atoms with van der Waals surface area (Å²) in [6.07, 6.45) is 1.74. The van der Waals surface area contributed by atoms with Crippen molar-refractivity contribution in [3.63, 3.8) is 0 Å². The maximum Gasteiger partial charge on any atom is 0.261 e. The third kappa shape index (κ3) is 6.59. The summed E-state index contributed by atoms with van der Waals surface area (Å²) in [5.41, 5.74) is 1.18. The summed E-state index contributed by atoms with van der Waals surface area (Å²) in [5, 5.41) is 3.43. The van der Waals surface area contributed by atoms with E-state index in [1.165, 1.54) is 17.7 Å². The molecule has 2 aromatic carbocycles. The third-order valence-corrected chi connectivity index (χ3v) is 4.71. The Morgan fingerprint density at radius 2 is 1.86 bits per heavy atom. The molecule has 29 heavy (non-hydrogen) atoms. The Morgan fingerprint density at radius 1 is 1.17 bits per heavy atom. The Balaban J connectivity index is 0.000000431.